The van der Waals surface area contributed by atoms with Gasteiger partial charge in [0, 0.05) is 17.0 Å². The molecule has 3 N–H and O–H groups in total. The maximum absolute atomic E-state index is 12.5. The largest absolute Gasteiger partial charge is 0.330 e. The van der Waals surface area contributed by atoms with Gasteiger partial charge in [0.2, 0.25) is 5.91 Å². The van der Waals surface area contributed by atoms with E-state index in [2.05, 4.69) is 17.4 Å². The zero-order valence-corrected chi connectivity index (χ0v) is 12.7. The van der Waals surface area contributed by atoms with Crippen LogP contribution in [0.3, 0.4) is 0 Å². The molecule has 4 heteroatoms. The summed E-state index contributed by atoms with van der Waals surface area (Å²) in [5, 5.41) is 5.33. The Morgan fingerprint density at radius 2 is 1.90 bits per heavy atom. The molecule has 2 atom stereocenters. The van der Waals surface area contributed by atoms with Gasteiger partial charge in [-0.1, -0.05) is 42.8 Å². The number of nitrogens with one attached hydrogen (secondary N) is 1. The lowest BCUT2D eigenvalue weighted by atomic mass is 9.95. The fourth-order valence-electron chi connectivity index (χ4n) is 3.22. The van der Waals surface area contributed by atoms with E-state index in [0.717, 1.165) is 35.7 Å². The van der Waals surface area contributed by atoms with Gasteiger partial charge in [-0.3, -0.25) is 4.79 Å². The van der Waals surface area contributed by atoms with E-state index in [1.165, 1.54) is 0 Å². The van der Waals surface area contributed by atoms with Gasteiger partial charge >= 0.3 is 0 Å². The van der Waals surface area contributed by atoms with Crippen molar-refractivity contribution in [2.75, 3.05) is 11.9 Å². The molecule has 1 saturated carbocycles. The summed E-state index contributed by atoms with van der Waals surface area (Å²) in [6, 6.07) is 14.1. The molecule has 0 spiro atoms. The molecule has 3 nitrogen and oxygen atoms in total. The van der Waals surface area contributed by atoms with Crippen LogP contribution in [-0.4, -0.2) is 12.5 Å². The first kappa shape index (κ1) is 15.8. The lowest BCUT2D eigenvalue weighted by molar-refractivity contribution is -0.120. The van der Waals surface area contributed by atoms with E-state index in [1.807, 2.05) is 30.3 Å². The fourth-order valence-corrected chi connectivity index (χ4v) is 3.22. The molecule has 1 aliphatic rings. The minimum absolute atomic E-state index is 0. The third kappa shape index (κ3) is 3.20. The molecule has 3 rings (SSSR count). The highest BCUT2D eigenvalue weighted by Crippen LogP contribution is 2.32. The number of hydrogen-bond acceptors (Lipinski definition) is 2. The average Bonchev–Trinajstić information content (AvgIpc) is 2.96. The van der Waals surface area contributed by atoms with E-state index in [9.17, 15) is 4.79 Å². The van der Waals surface area contributed by atoms with Crippen LogP contribution in [0.1, 0.15) is 19.3 Å². The first-order valence-electron chi connectivity index (χ1n) is 7.28. The summed E-state index contributed by atoms with van der Waals surface area (Å²) < 4.78 is 0. The van der Waals surface area contributed by atoms with E-state index in [0.29, 0.717) is 12.5 Å². The Bertz CT molecular complexity index is 624. The fraction of sp³-hybridized carbons (Fsp3) is 0.353. The van der Waals surface area contributed by atoms with E-state index < -0.39 is 0 Å². The molecule has 0 bridgehead atoms. The second-order valence-electron chi connectivity index (χ2n) is 5.55. The molecule has 0 aromatic heterocycles. The Hall–Kier alpha value is -1.58. The number of anilines is 1. The van der Waals surface area contributed by atoms with Crippen LogP contribution in [-0.2, 0) is 4.79 Å². The number of fused-ring (bicyclic) bond motifs is 1. The van der Waals surface area contributed by atoms with Crippen molar-refractivity contribution < 1.29 is 4.79 Å². The van der Waals surface area contributed by atoms with Crippen molar-refractivity contribution in [3.8, 4) is 0 Å². The van der Waals surface area contributed by atoms with Crippen LogP contribution in [0.15, 0.2) is 42.5 Å². The smallest absolute Gasteiger partial charge is 0.227 e. The van der Waals surface area contributed by atoms with Crippen molar-refractivity contribution in [3.05, 3.63) is 42.5 Å². The number of amides is 1. The Morgan fingerprint density at radius 1 is 1.14 bits per heavy atom. The first-order valence-corrected chi connectivity index (χ1v) is 7.28. The van der Waals surface area contributed by atoms with Crippen molar-refractivity contribution in [2.45, 2.75) is 19.3 Å². The summed E-state index contributed by atoms with van der Waals surface area (Å²) in [4.78, 5) is 12.5. The average molecular weight is 305 g/mol. The molecule has 1 amide bonds. The van der Waals surface area contributed by atoms with Crippen molar-refractivity contribution in [1.29, 1.82) is 0 Å². The standard InChI is InChI=1S/C17H20N2O.ClH/c18-11-13-7-3-9-15(13)17(20)19-16-10-4-6-12-5-1-2-8-14(12)16;/h1-2,4-6,8,10,13,15H,3,7,9,11,18H2,(H,19,20);1H/t13-,15-;/m1./s1. The molecular formula is C17H21ClN2O. The summed E-state index contributed by atoms with van der Waals surface area (Å²) >= 11 is 0. The van der Waals surface area contributed by atoms with E-state index in [1.54, 1.807) is 0 Å². The molecule has 2 aromatic carbocycles. The van der Waals surface area contributed by atoms with Gasteiger partial charge in [0.1, 0.15) is 0 Å². The van der Waals surface area contributed by atoms with Crippen LogP contribution in [0.2, 0.25) is 0 Å². The van der Waals surface area contributed by atoms with E-state index in [4.69, 9.17) is 5.73 Å². The van der Waals surface area contributed by atoms with Gasteiger partial charge in [0.15, 0.2) is 0 Å². The molecule has 0 unspecified atom stereocenters. The number of carbonyl (C=O) groups is 1. The minimum Gasteiger partial charge on any atom is -0.330 e. The van der Waals surface area contributed by atoms with Gasteiger partial charge in [-0.25, -0.2) is 0 Å². The summed E-state index contributed by atoms with van der Waals surface area (Å²) in [5.41, 5.74) is 6.66. The van der Waals surface area contributed by atoms with Gasteiger partial charge in [-0.2, -0.15) is 0 Å². The van der Waals surface area contributed by atoms with Gasteiger partial charge < -0.3 is 11.1 Å². The molecule has 0 saturated heterocycles. The van der Waals surface area contributed by atoms with Crippen molar-refractivity contribution in [3.63, 3.8) is 0 Å². The van der Waals surface area contributed by atoms with Crippen LogP contribution in [0, 0.1) is 11.8 Å². The highest BCUT2D eigenvalue weighted by Gasteiger charge is 2.31. The van der Waals surface area contributed by atoms with Crippen LogP contribution in [0.25, 0.3) is 10.8 Å². The Balaban J connectivity index is 0.00000161. The molecule has 0 radical (unpaired) electrons. The third-order valence-electron chi connectivity index (χ3n) is 4.35. The molecule has 21 heavy (non-hydrogen) atoms. The maximum Gasteiger partial charge on any atom is 0.227 e. The highest BCUT2D eigenvalue weighted by atomic mass is 35.5. The summed E-state index contributed by atoms with van der Waals surface area (Å²) in [7, 11) is 0. The second-order valence-corrected chi connectivity index (χ2v) is 5.55. The van der Waals surface area contributed by atoms with Crippen molar-refractivity contribution in [1.82, 2.24) is 0 Å². The Morgan fingerprint density at radius 3 is 2.71 bits per heavy atom. The zero-order valence-electron chi connectivity index (χ0n) is 11.9. The second kappa shape index (κ2) is 6.92. The molecule has 0 aliphatic heterocycles. The zero-order chi connectivity index (χ0) is 13.9. The van der Waals surface area contributed by atoms with Crippen molar-refractivity contribution in [2.24, 2.45) is 17.6 Å². The highest BCUT2D eigenvalue weighted by molar-refractivity contribution is 6.02. The Kier molecular flexibility index (Phi) is 5.21. The molecule has 112 valence electrons. The van der Waals surface area contributed by atoms with E-state index >= 15 is 0 Å². The van der Waals surface area contributed by atoms with Gasteiger partial charge in [-0.15, -0.1) is 12.4 Å². The number of benzene rings is 2. The number of rotatable bonds is 3. The van der Waals surface area contributed by atoms with Crippen LogP contribution in [0.5, 0.6) is 0 Å². The topological polar surface area (TPSA) is 55.1 Å². The number of nitrogens with two attached hydrogens (primary N) is 1. The lowest BCUT2D eigenvalue weighted by Gasteiger charge is -2.18. The van der Waals surface area contributed by atoms with Crippen LogP contribution in [0.4, 0.5) is 5.69 Å². The van der Waals surface area contributed by atoms with Crippen LogP contribution >= 0.6 is 12.4 Å². The molecule has 1 aliphatic carbocycles. The normalized spacial score (nSPS) is 21.0. The first-order chi connectivity index (χ1) is 9.79. The SMILES string of the molecule is Cl.NC[C@H]1CCC[C@H]1C(=O)Nc1cccc2ccccc12. The summed E-state index contributed by atoms with van der Waals surface area (Å²) in [6.07, 6.45) is 3.14. The quantitative estimate of drug-likeness (QED) is 0.910. The lowest BCUT2D eigenvalue weighted by Crippen LogP contribution is -2.29. The molecule has 0 heterocycles. The third-order valence-corrected chi connectivity index (χ3v) is 4.35. The summed E-state index contributed by atoms with van der Waals surface area (Å²) in [6.45, 7) is 0.605. The summed E-state index contributed by atoms with van der Waals surface area (Å²) in [5.74, 6) is 0.526. The van der Waals surface area contributed by atoms with Gasteiger partial charge in [0.25, 0.3) is 0 Å². The number of hydrogen-bond donors (Lipinski definition) is 2. The number of carbonyl (C=O) groups excluding carboxylic acids is 1. The van der Waals surface area contributed by atoms with Crippen LogP contribution < -0.4 is 11.1 Å². The Labute approximate surface area is 131 Å². The van der Waals surface area contributed by atoms with Crippen molar-refractivity contribution >= 4 is 34.8 Å². The minimum atomic E-state index is 0. The van der Waals surface area contributed by atoms with E-state index in [-0.39, 0.29) is 24.2 Å². The molecule has 1 fully saturated rings. The number of halogens is 1. The van der Waals surface area contributed by atoms with Gasteiger partial charge in [-0.05, 0) is 36.8 Å². The monoisotopic (exact) mass is 304 g/mol. The predicted octanol–water partition coefficient (Wildman–Crippen LogP) is 3.58. The molecule has 2 aromatic rings. The predicted molar refractivity (Wildman–Crippen MR) is 89.7 cm³/mol. The van der Waals surface area contributed by atoms with Gasteiger partial charge in [0.05, 0.1) is 0 Å². The molecular weight excluding hydrogens is 284 g/mol. The maximum atomic E-state index is 12.5.